The number of aryl methyl sites for hydroxylation is 1. The first kappa shape index (κ1) is 15.4. The maximum atomic E-state index is 13.1. The molecule has 1 aromatic heterocycles. The molecule has 0 saturated heterocycles. The van der Waals surface area contributed by atoms with Crippen LogP contribution in [0.1, 0.15) is 33.2 Å². The minimum Gasteiger partial charge on any atom is -0.361 e. The van der Waals surface area contributed by atoms with Crippen LogP contribution >= 0.6 is 0 Å². The molecule has 2 heterocycles. The molecule has 0 unspecified atom stereocenters. The van der Waals surface area contributed by atoms with Gasteiger partial charge in [-0.15, -0.1) is 0 Å². The molecule has 0 saturated carbocycles. The largest absolute Gasteiger partial charge is 0.361 e. The van der Waals surface area contributed by atoms with Crippen LogP contribution in [0.4, 0.5) is 5.69 Å². The second kappa shape index (κ2) is 6.40. The van der Waals surface area contributed by atoms with E-state index in [1.165, 1.54) is 5.56 Å². The Balaban J connectivity index is 1.74. The van der Waals surface area contributed by atoms with Crippen molar-refractivity contribution >= 4 is 11.6 Å². The Hall–Kier alpha value is -3.14. The van der Waals surface area contributed by atoms with E-state index in [1.807, 2.05) is 41.3 Å². The molecule has 0 spiro atoms. The molecular weight excluding hydrogens is 310 g/mol. The topological polar surface area (TPSA) is 45.2 Å². The number of anilines is 1. The van der Waals surface area contributed by atoms with E-state index in [0.29, 0.717) is 12.1 Å². The smallest absolute Gasteiger partial charge is 0.258 e. The summed E-state index contributed by atoms with van der Waals surface area (Å²) in [7, 11) is 0. The maximum absolute atomic E-state index is 13.1. The van der Waals surface area contributed by atoms with Gasteiger partial charge in [-0.05, 0) is 30.7 Å². The summed E-state index contributed by atoms with van der Waals surface area (Å²) in [6.07, 6.45) is 3.31. The molecular formula is C21H19N3O. The van der Waals surface area contributed by atoms with E-state index in [-0.39, 0.29) is 12.1 Å². The van der Waals surface area contributed by atoms with Crippen LogP contribution in [0.5, 0.6) is 0 Å². The molecule has 0 radical (unpaired) electrons. The van der Waals surface area contributed by atoms with Crippen LogP contribution in [0.15, 0.2) is 73.1 Å². The molecule has 0 fully saturated rings. The zero-order chi connectivity index (χ0) is 17.2. The number of para-hydroxylation sites is 1. The summed E-state index contributed by atoms with van der Waals surface area (Å²) >= 11 is 0. The number of carbonyl (C=O) groups is 1. The highest BCUT2D eigenvalue weighted by atomic mass is 16.2. The SMILES string of the molecule is Cc1ccc(CN2C(=O)c3ccccc3N[C@H]2c2cccnc2)cc1. The number of pyridine rings is 1. The lowest BCUT2D eigenvalue weighted by Crippen LogP contribution is -2.42. The van der Waals surface area contributed by atoms with Crippen molar-refractivity contribution in [1.82, 2.24) is 9.88 Å². The highest BCUT2D eigenvalue weighted by Gasteiger charge is 2.32. The van der Waals surface area contributed by atoms with Crippen LogP contribution in [0.25, 0.3) is 0 Å². The average Bonchev–Trinajstić information content (AvgIpc) is 2.66. The van der Waals surface area contributed by atoms with Gasteiger partial charge in [0.05, 0.1) is 5.56 Å². The molecule has 4 nitrogen and oxygen atoms in total. The molecule has 4 heteroatoms. The van der Waals surface area contributed by atoms with Crippen molar-refractivity contribution in [2.45, 2.75) is 19.6 Å². The summed E-state index contributed by atoms with van der Waals surface area (Å²) in [5, 5.41) is 3.49. The fourth-order valence-corrected chi connectivity index (χ4v) is 3.15. The molecule has 1 atom stereocenters. The molecule has 1 aliphatic heterocycles. The summed E-state index contributed by atoms with van der Waals surface area (Å²) in [5.41, 5.74) is 4.85. The molecule has 4 rings (SSSR count). The predicted octanol–water partition coefficient (Wildman–Crippen LogP) is 4.16. The number of nitrogens with zero attached hydrogens (tertiary/aromatic N) is 2. The third-order valence-corrected chi connectivity index (χ3v) is 4.50. The summed E-state index contributed by atoms with van der Waals surface area (Å²) in [4.78, 5) is 19.2. The highest BCUT2D eigenvalue weighted by Crippen LogP contribution is 2.33. The molecule has 25 heavy (non-hydrogen) atoms. The van der Waals surface area contributed by atoms with Gasteiger partial charge >= 0.3 is 0 Å². The van der Waals surface area contributed by atoms with Crippen molar-refractivity contribution in [3.63, 3.8) is 0 Å². The molecule has 1 N–H and O–H groups in total. The van der Waals surface area contributed by atoms with E-state index >= 15 is 0 Å². The van der Waals surface area contributed by atoms with Gasteiger partial charge in [0.15, 0.2) is 0 Å². The van der Waals surface area contributed by atoms with Crippen molar-refractivity contribution in [2.24, 2.45) is 0 Å². The monoisotopic (exact) mass is 329 g/mol. The highest BCUT2D eigenvalue weighted by molar-refractivity contribution is 6.01. The van der Waals surface area contributed by atoms with E-state index in [9.17, 15) is 4.79 Å². The van der Waals surface area contributed by atoms with E-state index < -0.39 is 0 Å². The third-order valence-electron chi connectivity index (χ3n) is 4.50. The second-order valence-electron chi connectivity index (χ2n) is 6.30. The zero-order valence-corrected chi connectivity index (χ0v) is 14.0. The van der Waals surface area contributed by atoms with Crippen molar-refractivity contribution in [3.8, 4) is 0 Å². The first-order valence-corrected chi connectivity index (χ1v) is 8.34. The lowest BCUT2D eigenvalue weighted by atomic mass is 10.0. The molecule has 124 valence electrons. The maximum Gasteiger partial charge on any atom is 0.258 e. The number of nitrogens with one attached hydrogen (secondary N) is 1. The van der Waals surface area contributed by atoms with Crippen LogP contribution in [-0.4, -0.2) is 15.8 Å². The normalized spacial score (nSPS) is 16.3. The number of hydrogen-bond donors (Lipinski definition) is 1. The van der Waals surface area contributed by atoms with E-state index in [1.54, 1.807) is 12.4 Å². The van der Waals surface area contributed by atoms with E-state index in [0.717, 1.165) is 16.8 Å². The first-order valence-electron chi connectivity index (χ1n) is 8.34. The summed E-state index contributed by atoms with van der Waals surface area (Å²) in [6.45, 7) is 2.60. The standard InChI is InChI=1S/C21H19N3O/c1-15-8-10-16(11-9-15)14-24-20(17-5-4-12-22-13-17)23-19-7-3-2-6-18(19)21(24)25/h2-13,20,23H,14H2,1H3/t20-/m1/s1. The Morgan fingerprint density at radius 1 is 1.04 bits per heavy atom. The van der Waals surface area contributed by atoms with E-state index in [2.05, 4.69) is 41.5 Å². The number of benzene rings is 2. The van der Waals surface area contributed by atoms with Gasteiger partial charge in [0.1, 0.15) is 6.17 Å². The molecule has 0 aliphatic carbocycles. The van der Waals surface area contributed by atoms with Crippen molar-refractivity contribution in [2.75, 3.05) is 5.32 Å². The van der Waals surface area contributed by atoms with Crippen LogP contribution in [0.3, 0.4) is 0 Å². The summed E-state index contributed by atoms with van der Waals surface area (Å²) < 4.78 is 0. The van der Waals surface area contributed by atoms with Crippen molar-refractivity contribution in [3.05, 3.63) is 95.3 Å². The quantitative estimate of drug-likeness (QED) is 0.785. The summed E-state index contributed by atoms with van der Waals surface area (Å²) in [5.74, 6) is 0.0313. The van der Waals surface area contributed by atoms with Gasteiger partial charge in [0, 0.05) is 30.2 Å². The fourth-order valence-electron chi connectivity index (χ4n) is 3.15. The van der Waals surface area contributed by atoms with Gasteiger partial charge < -0.3 is 10.2 Å². The number of hydrogen-bond acceptors (Lipinski definition) is 3. The van der Waals surface area contributed by atoms with Crippen LogP contribution in [0, 0.1) is 6.92 Å². The van der Waals surface area contributed by atoms with Gasteiger partial charge in [-0.3, -0.25) is 9.78 Å². The molecule has 3 aromatic rings. The van der Waals surface area contributed by atoms with Crippen LogP contribution in [0.2, 0.25) is 0 Å². The molecule has 0 bridgehead atoms. The lowest BCUT2D eigenvalue weighted by Gasteiger charge is -2.38. The first-order chi connectivity index (χ1) is 12.2. The number of aromatic nitrogens is 1. The van der Waals surface area contributed by atoms with Crippen molar-refractivity contribution < 1.29 is 4.79 Å². The second-order valence-corrected chi connectivity index (χ2v) is 6.30. The Kier molecular flexibility index (Phi) is 3.94. The Morgan fingerprint density at radius 2 is 1.84 bits per heavy atom. The lowest BCUT2D eigenvalue weighted by molar-refractivity contribution is 0.0666. The van der Waals surface area contributed by atoms with Gasteiger partial charge in [0.25, 0.3) is 5.91 Å². The number of amides is 1. The minimum atomic E-state index is -0.239. The predicted molar refractivity (Wildman–Crippen MR) is 98.1 cm³/mol. The Labute approximate surface area is 147 Å². The molecule has 2 aromatic carbocycles. The van der Waals surface area contributed by atoms with Crippen LogP contribution < -0.4 is 5.32 Å². The van der Waals surface area contributed by atoms with Gasteiger partial charge in [-0.2, -0.15) is 0 Å². The third kappa shape index (κ3) is 2.98. The minimum absolute atomic E-state index is 0.0313. The van der Waals surface area contributed by atoms with Gasteiger partial charge in [-0.25, -0.2) is 0 Å². The Bertz CT molecular complexity index is 891. The van der Waals surface area contributed by atoms with Crippen molar-refractivity contribution in [1.29, 1.82) is 0 Å². The van der Waals surface area contributed by atoms with E-state index in [4.69, 9.17) is 0 Å². The summed E-state index contributed by atoms with van der Waals surface area (Å²) in [6, 6.07) is 19.8. The average molecular weight is 329 g/mol. The number of rotatable bonds is 3. The molecule has 1 amide bonds. The zero-order valence-electron chi connectivity index (χ0n) is 14.0. The number of carbonyl (C=O) groups excluding carboxylic acids is 1. The molecule has 1 aliphatic rings. The van der Waals surface area contributed by atoms with Crippen LogP contribution in [-0.2, 0) is 6.54 Å². The number of fused-ring (bicyclic) bond motifs is 1. The van der Waals surface area contributed by atoms with Gasteiger partial charge in [0.2, 0.25) is 0 Å². The fraction of sp³-hybridized carbons (Fsp3) is 0.143. The van der Waals surface area contributed by atoms with Gasteiger partial charge in [-0.1, -0.05) is 48.0 Å². The Morgan fingerprint density at radius 3 is 2.60 bits per heavy atom.